The van der Waals surface area contributed by atoms with Crippen LogP contribution in [-0.2, 0) is 25.6 Å². The van der Waals surface area contributed by atoms with Gasteiger partial charge in [0.15, 0.2) is 5.82 Å². The monoisotopic (exact) mass is 528 g/mol. The lowest BCUT2D eigenvalue weighted by atomic mass is 10.1. The van der Waals surface area contributed by atoms with Gasteiger partial charge < -0.3 is 9.88 Å². The number of H-pyrrole nitrogens is 1. The van der Waals surface area contributed by atoms with Crippen LogP contribution in [0, 0.1) is 5.82 Å². The third-order valence-corrected chi connectivity index (χ3v) is 6.70. The van der Waals surface area contributed by atoms with Crippen molar-refractivity contribution in [3.8, 4) is 11.4 Å². The molecule has 5 rings (SSSR count). The molecule has 0 saturated heterocycles. The van der Waals surface area contributed by atoms with Crippen molar-refractivity contribution in [3.05, 3.63) is 80.1 Å². The van der Waals surface area contributed by atoms with Crippen LogP contribution in [-0.4, -0.2) is 30.8 Å². The number of hydrogen-bond donors (Lipinski definition) is 2. The fraction of sp³-hybridized carbons (Fsp3) is 0.346. The molecule has 1 aliphatic carbocycles. The number of nitrogens with one attached hydrogen (secondary N) is 2. The van der Waals surface area contributed by atoms with Crippen molar-refractivity contribution in [1.29, 1.82) is 0 Å². The maximum Gasteiger partial charge on any atom is 0.423 e. The Morgan fingerprint density at radius 3 is 2.79 bits per heavy atom. The molecule has 3 heterocycles. The Labute approximate surface area is 213 Å². The van der Waals surface area contributed by atoms with Crippen LogP contribution < -0.4 is 16.4 Å². The van der Waals surface area contributed by atoms with E-state index >= 15 is 4.39 Å². The maximum absolute atomic E-state index is 15.0. The molecule has 4 aromatic rings. The van der Waals surface area contributed by atoms with Crippen LogP contribution in [0.25, 0.3) is 22.2 Å². The Bertz CT molecular complexity index is 1630. The second-order valence-electron chi connectivity index (χ2n) is 9.43. The molecule has 0 saturated carbocycles. The molecule has 3 aromatic heterocycles. The number of alkyl halides is 3. The Balaban J connectivity index is 1.29. The normalized spacial score (nSPS) is 14.0. The van der Waals surface area contributed by atoms with E-state index in [-0.39, 0.29) is 23.1 Å². The molecule has 0 amide bonds. The number of aromatic nitrogens is 5. The predicted molar refractivity (Wildman–Crippen MR) is 133 cm³/mol. The second kappa shape index (κ2) is 9.99. The van der Waals surface area contributed by atoms with Crippen molar-refractivity contribution >= 4 is 16.5 Å². The summed E-state index contributed by atoms with van der Waals surface area (Å²) in [5, 5.41) is 8.69. The van der Waals surface area contributed by atoms with Crippen molar-refractivity contribution in [3.63, 3.8) is 0 Å². The maximum atomic E-state index is 15.0. The Morgan fingerprint density at radius 1 is 1.18 bits per heavy atom. The van der Waals surface area contributed by atoms with Crippen molar-refractivity contribution < 1.29 is 17.6 Å². The molecular formula is C26H24F4N6O2. The summed E-state index contributed by atoms with van der Waals surface area (Å²) >= 11 is 0. The molecule has 8 nitrogen and oxygen atoms in total. The molecule has 0 radical (unpaired) electrons. The highest BCUT2D eigenvalue weighted by Crippen LogP contribution is 2.32. The van der Waals surface area contributed by atoms with Gasteiger partial charge in [-0.2, -0.15) is 18.3 Å². The lowest BCUT2D eigenvalue weighted by molar-refractivity contribution is -0.138. The first-order valence-corrected chi connectivity index (χ1v) is 12.2. The van der Waals surface area contributed by atoms with Gasteiger partial charge in [0, 0.05) is 30.7 Å². The summed E-state index contributed by atoms with van der Waals surface area (Å²) in [5.74, 6) is -0.296. The zero-order valence-corrected chi connectivity index (χ0v) is 20.4. The molecule has 1 aromatic carbocycles. The van der Waals surface area contributed by atoms with Gasteiger partial charge in [-0.3, -0.25) is 9.59 Å². The summed E-state index contributed by atoms with van der Waals surface area (Å²) in [6, 6.07) is 4.05. The van der Waals surface area contributed by atoms with Crippen LogP contribution in [0.1, 0.15) is 43.0 Å². The number of hydrogen-bond acceptors (Lipinski definition) is 6. The Hall–Kier alpha value is -4.09. The first-order valence-electron chi connectivity index (χ1n) is 12.2. The summed E-state index contributed by atoms with van der Waals surface area (Å²) in [6.45, 7) is 1.94. The molecule has 2 N–H and O–H groups in total. The van der Waals surface area contributed by atoms with Crippen LogP contribution in [0.4, 0.5) is 23.2 Å². The number of nitrogens with zero attached hydrogens (tertiary/aromatic N) is 4. The molecule has 0 unspecified atom stereocenters. The number of fused-ring (bicyclic) bond motifs is 2. The van der Waals surface area contributed by atoms with E-state index in [1.807, 2.05) is 0 Å². The van der Waals surface area contributed by atoms with Crippen LogP contribution in [0.3, 0.4) is 0 Å². The summed E-state index contributed by atoms with van der Waals surface area (Å²) in [6.07, 6.45) is 3.03. The number of halogens is 4. The van der Waals surface area contributed by atoms with E-state index in [0.717, 1.165) is 36.7 Å². The van der Waals surface area contributed by atoms with E-state index in [1.165, 1.54) is 10.6 Å². The number of pyridine rings is 1. The van der Waals surface area contributed by atoms with Gasteiger partial charge in [-0.15, -0.1) is 0 Å². The summed E-state index contributed by atoms with van der Waals surface area (Å²) in [4.78, 5) is 33.5. The Kier molecular flexibility index (Phi) is 6.72. The molecule has 198 valence electrons. The fourth-order valence-electron chi connectivity index (χ4n) is 4.79. The number of benzene rings is 1. The quantitative estimate of drug-likeness (QED) is 0.343. The predicted octanol–water partition coefficient (Wildman–Crippen LogP) is 4.47. The molecule has 0 spiro atoms. The largest absolute Gasteiger partial charge is 0.423 e. The second-order valence-corrected chi connectivity index (χ2v) is 9.43. The molecule has 1 aliphatic rings. The lowest BCUT2D eigenvalue weighted by Crippen LogP contribution is -2.27. The van der Waals surface area contributed by atoms with Gasteiger partial charge in [-0.1, -0.05) is 0 Å². The number of aromatic amines is 1. The van der Waals surface area contributed by atoms with Crippen molar-refractivity contribution in [2.24, 2.45) is 0 Å². The van der Waals surface area contributed by atoms with E-state index in [0.29, 0.717) is 24.1 Å². The Morgan fingerprint density at radius 2 is 2.00 bits per heavy atom. The highest BCUT2D eigenvalue weighted by Gasteiger charge is 2.37. The minimum absolute atomic E-state index is 0.213. The van der Waals surface area contributed by atoms with Gasteiger partial charge in [0.25, 0.3) is 11.1 Å². The van der Waals surface area contributed by atoms with Crippen LogP contribution >= 0.6 is 0 Å². The molecule has 12 heteroatoms. The zero-order valence-electron chi connectivity index (χ0n) is 20.4. The van der Waals surface area contributed by atoms with Gasteiger partial charge in [0.2, 0.25) is 0 Å². The van der Waals surface area contributed by atoms with E-state index in [9.17, 15) is 22.8 Å². The third kappa shape index (κ3) is 5.02. The smallest absolute Gasteiger partial charge is 0.381 e. The van der Waals surface area contributed by atoms with Gasteiger partial charge >= 0.3 is 6.18 Å². The minimum Gasteiger partial charge on any atom is -0.381 e. The SMILES string of the molecule is C[C@@H](CCCn1ccc2cc(-c3ncc4c(n3)CCC4)c(F)cc2c1=O)Nc1cn[nH]c(=O)c1C(F)(F)F. The minimum atomic E-state index is -4.83. The molecule has 0 aliphatic heterocycles. The third-order valence-electron chi connectivity index (χ3n) is 6.70. The molecule has 0 fully saturated rings. The van der Waals surface area contributed by atoms with Crippen LogP contribution in [0.2, 0.25) is 0 Å². The highest BCUT2D eigenvalue weighted by molar-refractivity contribution is 5.86. The van der Waals surface area contributed by atoms with Crippen LogP contribution in [0.15, 0.2) is 46.4 Å². The first kappa shape index (κ1) is 25.6. The van der Waals surface area contributed by atoms with Gasteiger partial charge in [-0.05, 0) is 68.2 Å². The summed E-state index contributed by atoms with van der Waals surface area (Å²) in [5.41, 5.74) is -1.20. The van der Waals surface area contributed by atoms with E-state index in [2.05, 4.69) is 20.4 Å². The molecular weight excluding hydrogens is 504 g/mol. The van der Waals surface area contributed by atoms with Crippen molar-refractivity contribution in [2.45, 2.75) is 57.8 Å². The standard InChI is InChI=1S/C26H24F4N6O2/c1-14(33-21-13-32-35-24(37)22(21)26(28,29)30)4-3-8-36-9-7-15-10-18(19(27)11-17(15)25(36)38)23-31-12-16-5-2-6-20(16)34-23/h7,9-14H,2-6,8H2,1H3,(H2,33,35,37)/t14-/m0/s1. The lowest BCUT2D eigenvalue weighted by Gasteiger charge is -2.18. The first-order chi connectivity index (χ1) is 18.1. The molecule has 38 heavy (non-hydrogen) atoms. The molecule has 0 bridgehead atoms. The number of anilines is 1. The topological polar surface area (TPSA) is 106 Å². The van der Waals surface area contributed by atoms with Gasteiger partial charge in [-0.25, -0.2) is 19.5 Å². The highest BCUT2D eigenvalue weighted by atomic mass is 19.4. The van der Waals surface area contributed by atoms with Crippen LogP contribution in [0.5, 0.6) is 0 Å². The number of aryl methyl sites for hydroxylation is 3. The van der Waals surface area contributed by atoms with Gasteiger partial charge in [0.1, 0.15) is 11.4 Å². The number of rotatable bonds is 7. The van der Waals surface area contributed by atoms with Crippen molar-refractivity contribution in [2.75, 3.05) is 5.32 Å². The average molecular weight is 529 g/mol. The zero-order chi connectivity index (χ0) is 27.0. The van der Waals surface area contributed by atoms with E-state index in [4.69, 9.17) is 0 Å². The van der Waals surface area contributed by atoms with Crippen molar-refractivity contribution in [1.82, 2.24) is 24.7 Å². The average Bonchev–Trinajstić information content (AvgIpc) is 3.33. The summed E-state index contributed by atoms with van der Waals surface area (Å²) < 4.78 is 56.2. The van der Waals surface area contributed by atoms with E-state index < -0.39 is 34.8 Å². The van der Waals surface area contributed by atoms with E-state index in [1.54, 1.807) is 36.5 Å². The molecule has 1 atom stereocenters. The summed E-state index contributed by atoms with van der Waals surface area (Å²) in [7, 11) is 0. The fourth-order valence-corrected chi connectivity index (χ4v) is 4.79. The van der Waals surface area contributed by atoms with Gasteiger partial charge in [0.05, 0.1) is 22.8 Å².